The third-order valence-electron chi connectivity index (χ3n) is 2.51. The molecule has 0 saturated carbocycles. The average molecular weight is 272 g/mol. The Morgan fingerprint density at radius 3 is 1.79 bits per heavy atom. The van der Waals surface area contributed by atoms with Gasteiger partial charge in [-0.1, -0.05) is 13.8 Å². The number of rotatable bonds is 8. The molecular weight excluding hydrogens is 248 g/mol. The SMILES string of the molecule is CC(C)NC(=O)CCCC(=O)NC(C(=O)O)C(C)C. The zero-order valence-electron chi connectivity index (χ0n) is 12.0. The molecule has 0 saturated heterocycles. The molecule has 6 heteroatoms. The van der Waals surface area contributed by atoms with Crippen molar-refractivity contribution in [3.05, 3.63) is 0 Å². The first-order valence-corrected chi connectivity index (χ1v) is 6.55. The molecule has 0 aromatic rings. The fraction of sp³-hybridized carbons (Fsp3) is 0.769. The number of nitrogens with one attached hydrogen (secondary N) is 2. The Balaban J connectivity index is 3.99. The summed E-state index contributed by atoms with van der Waals surface area (Å²) in [5, 5.41) is 14.1. The summed E-state index contributed by atoms with van der Waals surface area (Å²) in [5.74, 6) is -1.65. The molecule has 0 aliphatic carbocycles. The van der Waals surface area contributed by atoms with Crippen molar-refractivity contribution in [2.24, 2.45) is 5.92 Å². The Labute approximate surface area is 113 Å². The number of aliphatic carboxylic acids is 1. The Morgan fingerprint density at radius 2 is 1.42 bits per heavy atom. The summed E-state index contributed by atoms with van der Waals surface area (Å²) in [6.07, 6.45) is 0.835. The molecule has 0 bridgehead atoms. The molecule has 1 unspecified atom stereocenters. The number of hydrogen-bond acceptors (Lipinski definition) is 3. The molecule has 0 radical (unpaired) electrons. The number of carboxylic acid groups (broad SMARTS) is 1. The van der Waals surface area contributed by atoms with Gasteiger partial charge in [-0.05, 0) is 26.2 Å². The second-order valence-corrected chi connectivity index (χ2v) is 5.20. The van der Waals surface area contributed by atoms with Crippen molar-refractivity contribution in [1.82, 2.24) is 10.6 Å². The summed E-state index contributed by atoms with van der Waals surface area (Å²) in [6.45, 7) is 7.19. The molecule has 3 N–H and O–H groups in total. The quantitative estimate of drug-likeness (QED) is 0.612. The molecule has 0 aromatic carbocycles. The highest BCUT2D eigenvalue weighted by Crippen LogP contribution is 2.03. The number of carbonyl (C=O) groups excluding carboxylic acids is 2. The lowest BCUT2D eigenvalue weighted by molar-refractivity contribution is -0.143. The van der Waals surface area contributed by atoms with Crippen LogP contribution in [0.3, 0.4) is 0 Å². The fourth-order valence-electron chi connectivity index (χ4n) is 1.56. The number of amides is 2. The van der Waals surface area contributed by atoms with Gasteiger partial charge in [-0.2, -0.15) is 0 Å². The molecule has 2 amide bonds. The van der Waals surface area contributed by atoms with Crippen LogP contribution in [-0.2, 0) is 14.4 Å². The first kappa shape index (κ1) is 17.4. The third kappa shape index (κ3) is 8.18. The monoisotopic (exact) mass is 272 g/mol. The van der Waals surface area contributed by atoms with Crippen LogP contribution in [0.1, 0.15) is 47.0 Å². The highest BCUT2D eigenvalue weighted by molar-refractivity contribution is 5.84. The van der Waals surface area contributed by atoms with E-state index in [1.807, 2.05) is 13.8 Å². The standard InChI is InChI=1S/C13H24N2O4/c1-8(2)12(13(18)19)15-11(17)7-5-6-10(16)14-9(3)4/h8-9,12H,5-7H2,1-4H3,(H,14,16)(H,15,17)(H,18,19). The van der Waals surface area contributed by atoms with Gasteiger partial charge in [0.1, 0.15) is 6.04 Å². The third-order valence-corrected chi connectivity index (χ3v) is 2.51. The summed E-state index contributed by atoms with van der Waals surface area (Å²) in [7, 11) is 0. The first-order chi connectivity index (χ1) is 8.73. The summed E-state index contributed by atoms with van der Waals surface area (Å²) in [5.41, 5.74) is 0. The van der Waals surface area contributed by atoms with Crippen molar-refractivity contribution in [2.45, 2.75) is 59.0 Å². The van der Waals surface area contributed by atoms with Crippen LogP contribution in [0.15, 0.2) is 0 Å². The Bertz CT molecular complexity index is 327. The molecule has 0 rings (SSSR count). The van der Waals surface area contributed by atoms with Gasteiger partial charge in [0.05, 0.1) is 0 Å². The van der Waals surface area contributed by atoms with Gasteiger partial charge in [-0.15, -0.1) is 0 Å². The zero-order chi connectivity index (χ0) is 15.0. The zero-order valence-corrected chi connectivity index (χ0v) is 12.0. The number of carbonyl (C=O) groups is 3. The van der Waals surface area contributed by atoms with Crippen LogP contribution >= 0.6 is 0 Å². The van der Waals surface area contributed by atoms with Crippen LogP contribution in [0.25, 0.3) is 0 Å². The van der Waals surface area contributed by atoms with Gasteiger partial charge in [0.15, 0.2) is 0 Å². The molecule has 1 atom stereocenters. The van der Waals surface area contributed by atoms with Crippen LogP contribution in [-0.4, -0.2) is 35.0 Å². The van der Waals surface area contributed by atoms with Crippen LogP contribution < -0.4 is 10.6 Å². The van der Waals surface area contributed by atoms with E-state index < -0.39 is 12.0 Å². The molecule has 0 aliphatic heterocycles. The predicted octanol–water partition coefficient (Wildman–Crippen LogP) is 0.907. The van der Waals surface area contributed by atoms with E-state index in [9.17, 15) is 14.4 Å². The summed E-state index contributed by atoms with van der Waals surface area (Å²) >= 11 is 0. The summed E-state index contributed by atoms with van der Waals surface area (Å²) in [6, 6.07) is -0.796. The van der Waals surface area contributed by atoms with Crippen LogP contribution in [0.2, 0.25) is 0 Å². The van der Waals surface area contributed by atoms with E-state index in [1.165, 1.54) is 0 Å². The number of hydrogen-bond donors (Lipinski definition) is 3. The normalized spacial score (nSPS) is 12.3. The van der Waals surface area contributed by atoms with Crippen molar-refractivity contribution in [1.29, 1.82) is 0 Å². The minimum Gasteiger partial charge on any atom is -0.480 e. The van der Waals surface area contributed by atoms with Crippen molar-refractivity contribution in [3.8, 4) is 0 Å². The number of carboxylic acids is 1. The van der Waals surface area contributed by atoms with Crippen LogP contribution in [0.5, 0.6) is 0 Å². The Hall–Kier alpha value is -1.59. The molecule has 0 spiro atoms. The molecule has 6 nitrogen and oxygen atoms in total. The van der Waals surface area contributed by atoms with E-state index in [2.05, 4.69) is 10.6 Å². The van der Waals surface area contributed by atoms with Crippen LogP contribution in [0, 0.1) is 5.92 Å². The molecule has 19 heavy (non-hydrogen) atoms. The van der Waals surface area contributed by atoms with E-state index in [4.69, 9.17) is 5.11 Å². The average Bonchev–Trinajstić information content (AvgIpc) is 2.23. The lowest BCUT2D eigenvalue weighted by atomic mass is 10.0. The van der Waals surface area contributed by atoms with E-state index in [1.54, 1.807) is 13.8 Å². The van der Waals surface area contributed by atoms with Gasteiger partial charge < -0.3 is 15.7 Å². The molecule has 0 aromatic heterocycles. The summed E-state index contributed by atoms with van der Waals surface area (Å²) < 4.78 is 0. The Morgan fingerprint density at radius 1 is 0.947 bits per heavy atom. The van der Waals surface area contributed by atoms with Gasteiger partial charge >= 0.3 is 5.97 Å². The largest absolute Gasteiger partial charge is 0.480 e. The van der Waals surface area contributed by atoms with Gasteiger partial charge in [0.2, 0.25) is 11.8 Å². The highest BCUT2D eigenvalue weighted by Gasteiger charge is 2.23. The minimum absolute atomic E-state index is 0.0821. The topological polar surface area (TPSA) is 95.5 Å². The van der Waals surface area contributed by atoms with Crippen LogP contribution in [0.4, 0.5) is 0 Å². The van der Waals surface area contributed by atoms with Crippen molar-refractivity contribution in [3.63, 3.8) is 0 Å². The second-order valence-electron chi connectivity index (χ2n) is 5.20. The first-order valence-electron chi connectivity index (χ1n) is 6.55. The van der Waals surface area contributed by atoms with Gasteiger partial charge in [0.25, 0.3) is 0 Å². The van der Waals surface area contributed by atoms with Crippen molar-refractivity contribution in [2.75, 3.05) is 0 Å². The Kier molecular flexibility index (Phi) is 7.79. The van der Waals surface area contributed by atoms with E-state index >= 15 is 0 Å². The van der Waals surface area contributed by atoms with Crippen molar-refractivity contribution >= 4 is 17.8 Å². The van der Waals surface area contributed by atoms with Gasteiger partial charge in [0, 0.05) is 18.9 Å². The molecular formula is C13H24N2O4. The molecule has 0 heterocycles. The fourth-order valence-corrected chi connectivity index (χ4v) is 1.56. The molecule has 0 fully saturated rings. The highest BCUT2D eigenvalue weighted by atomic mass is 16.4. The maximum absolute atomic E-state index is 11.6. The minimum atomic E-state index is -1.04. The van der Waals surface area contributed by atoms with E-state index in [0.717, 1.165) is 0 Å². The van der Waals surface area contributed by atoms with E-state index in [0.29, 0.717) is 6.42 Å². The van der Waals surface area contributed by atoms with Gasteiger partial charge in [-0.3, -0.25) is 9.59 Å². The maximum atomic E-state index is 11.6. The second kappa shape index (κ2) is 8.50. The molecule has 0 aliphatic rings. The summed E-state index contributed by atoms with van der Waals surface area (Å²) in [4.78, 5) is 33.8. The van der Waals surface area contributed by atoms with Gasteiger partial charge in [-0.25, -0.2) is 4.79 Å². The lowest BCUT2D eigenvalue weighted by Crippen LogP contribution is -2.44. The lowest BCUT2D eigenvalue weighted by Gasteiger charge is -2.17. The van der Waals surface area contributed by atoms with Crippen molar-refractivity contribution < 1.29 is 19.5 Å². The molecule has 110 valence electrons. The van der Waals surface area contributed by atoms with E-state index in [-0.39, 0.29) is 36.6 Å². The smallest absolute Gasteiger partial charge is 0.326 e. The maximum Gasteiger partial charge on any atom is 0.326 e. The predicted molar refractivity (Wildman–Crippen MR) is 71.5 cm³/mol.